The van der Waals surface area contributed by atoms with Gasteiger partial charge in [-0.25, -0.2) is 4.79 Å². The Morgan fingerprint density at radius 2 is 1.72 bits per heavy atom. The molecule has 1 heterocycles. The van der Waals surface area contributed by atoms with E-state index in [-0.39, 0.29) is 5.78 Å². The highest BCUT2D eigenvalue weighted by atomic mass is 32.2. The number of piperazine rings is 1. The van der Waals surface area contributed by atoms with Crippen LogP contribution in [0.5, 0.6) is 0 Å². The Labute approximate surface area is 192 Å². The number of para-hydroxylation sites is 1. The predicted octanol–water partition coefficient (Wildman–Crippen LogP) is 3.48. The molecule has 172 valence electrons. The molecule has 0 spiro atoms. The summed E-state index contributed by atoms with van der Waals surface area (Å²) in [5.41, 5.74) is 7.31. The predicted molar refractivity (Wildman–Crippen MR) is 130 cm³/mol. The van der Waals surface area contributed by atoms with E-state index in [1.54, 1.807) is 18.2 Å². The molecule has 1 unspecified atom stereocenters. The maximum absolute atomic E-state index is 12.6. The SMILES string of the molecule is CS(=O)c1ccc(C(=O)CCCCCN2CCN(c3ccccc3)CC2)cc1NC(N)=O. The fourth-order valence-electron chi connectivity index (χ4n) is 4.00. The van der Waals surface area contributed by atoms with Crippen molar-refractivity contribution in [2.24, 2.45) is 5.73 Å². The van der Waals surface area contributed by atoms with Crippen molar-refractivity contribution in [2.45, 2.75) is 30.6 Å². The number of unbranched alkanes of at least 4 members (excludes halogenated alkanes) is 2. The van der Waals surface area contributed by atoms with Crippen LogP contribution in [0.1, 0.15) is 36.0 Å². The van der Waals surface area contributed by atoms with Gasteiger partial charge in [-0.15, -0.1) is 0 Å². The van der Waals surface area contributed by atoms with Crippen molar-refractivity contribution < 1.29 is 13.8 Å². The number of ketones is 1. The van der Waals surface area contributed by atoms with Gasteiger partial charge in [0.15, 0.2) is 5.78 Å². The maximum atomic E-state index is 12.6. The van der Waals surface area contributed by atoms with Gasteiger partial charge < -0.3 is 16.0 Å². The molecule has 2 amide bonds. The zero-order chi connectivity index (χ0) is 22.9. The highest BCUT2D eigenvalue weighted by Crippen LogP contribution is 2.22. The van der Waals surface area contributed by atoms with E-state index in [1.165, 1.54) is 11.9 Å². The molecule has 8 heteroatoms. The van der Waals surface area contributed by atoms with Crippen molar-refractivity contribution in [3.05, 3.63) is 54.1 Å². The number of amides is 2. The Hall–Kier alpha value is -2.71. The first-order chi connectivity index (χ1) is 15.4. The number of hydrogen-bond donors (Lipinski definition) is 2. The standard InChI is InChI=1S/C24H32N4O3S/c1-32(31)23-12-11-19(18-21(23)26-24(25)30)22(29)10-6-3-7-13-27-14-16-28(17-15-27)20-8-4-2-5-9-20/h2,4-5,8-9,11-12,18H,3,6-7,10,13-17H2,1H3,(H3,25,26,30). The lowest BCUT2D eigenvalue weighted by Crippen LogP contribution is -2.46. The fraction of sp³-hybridized carbons (Fsp3) is 0.417. The number of Topliss-reactive ketones (excluding diaryl/α,β-unsaturated/α-hetero) is 1. The van der Waals surface area contributed by atoms with Gasteiger partial charge in [-0.3, -0.25) is 13.9 Å². The maximum Gasteiger partial charge on any atom is 0.316 e. The molecule has 1 aliphatic rings. The summed E-state index contributed by atoms with van der Waals surface area (Å²) >= 11 is 0. The Morgan fingerprint density at radius 1 is 1.00 bits per heavy atom. The van der Waals surface area contributed by atoms with Crippen molar-refractivity contribution in [1.29, 1.82) is 0 Å². The topological polar surface area (TPSA) is 95.7 Å². The van der Waals surface area contributed by atoms with Gasteiger partial charge in [0, 0.05) is 50.1 Å². The molecule has 2 aromatic carbocycles. The van der Waals surface area contributed by atoms with Gasteiger partial charge in [-0.2, -0.15) is 0 Å². The monoisotopic (exact) mass is 456 g/mol. The number of carbonyl (C=O) groups excluding carboxylic acids is 2. The summed E-state index contributed by atoms with van der Waals surface area (Å²) in [7, 11) is -1.29. The second-order valence-electron chi connectivity index (χ2n) is 8.05. The van der Waals surface area contributed by atoms with E-state index >= 15 is 0 Å². The quantitative estimate of drug-likeness (QED) is 0.422. The number of nitrogens with zero attached hydrogens (tertiary/aromatic N) is 2. The molecule has 3 N–H and O–H groups in total. The number of rotatable bonds is 10. The van der Waals surface area contributed by atoms with E-state index < -0.39 is 16.8 Å². The molecule has 2 aromatic rings. The normalized spacial score (nSPS) is 15.3. The number of hydrogen-bond acceptors (Lipinski definition) is 5. The number of carbonyl (C=O) groups is 2. The molecule has 1 atom stereocenters. The second kappa shape index (κ2) is 11.8. The fourth-order valence-corrected chi connectivity index (χ4v) is 4.67. The minimum absolute atomic E-state index is 0.0161. The van der Waals surface area contributed by atoms with Crippen molar-refractivity contribution in [3.63, 3.8) is 0 Å². The van der Waals surface area contributed by atoms with Crippen LogP contribution in [-0.2, 0) is 10.8 Å². The third-order valence-electron chi connectivity index (χ3n) is 5.74. The second-order valence-corrected chi connectivity index (χ2v) is 9.40. The van der Waals surface area contributed by atoms with Gasteiger partial charge in [0.2, 0.25) is 0 Å². The zero-order valence-corrected chi connectivity index (χ0v) is 19.4. The summed E-state index contributed by atoms with van der Waals surface area (Å²) in [6.45, 7) is 5.27. The van der Waals surface area contributed by atoms with Crippen LogP contribution in [0.4, 0.5) is 16.2 Å². The van der Waals surface area contributed by atoms with E-state index in [4.69, 9.17) is 5.73 Å². The van der Waals surface area contributed by atoms with Gasteiger partial charge >= 0.3 is 6.03 Å². The van der Waals surface area contributed by atoms with E-state index in [2.05, 4.69) is 39.4 Å². The van der Waals surface area contributed by atoms with E-state index in [9.17, 15) is 13.8 Å². The van der Waals surface area contributed by atoms with Crippen LogP contribution in [0.2, 0.25) is 0 Å². The van der Waals surface area contributed by atoms with Crippen LogP contribution in [-0.4, -0.2) is 59.9 Å². The lowest BCUT2D eigenvalue weighted by Gasteiger charge is -2.36. The Morgan fingerprint density at radius 3 is 2.38 bits per heavy atom. The zero-order valence-electron chi connectivity index (χ0n) is 18.6. The molecule has 1 saturated heterocycles. The first kappa shape index (κ1) is 23.9. The highest BCUT2D eigenvalue weighted by molar-refractivity contribution is 7.84. The largest absolute Gasteiger partial charge is 0.369 e. The van der Waals surface area contributed by atoms with Crippen LogP contribution in [0.3, 0.4) is 0 Å². The van der Waals surface area contributed by atoms with Crippen molar-refractivity contribution >= 4 is 34.0 Å². The molecule has 32 heavy (non-hydrogen) atoms. The molecular weight excluding hydrogens is 424 g/mol. The number of anilines is 2. The minimum Gasteiger partial charge on any atom is -0.369 e. The molecule has 0 bridgehead atoms. The van der Waals surface area contributed by atoms with Crippen LogP contribution >= 0.6 is 0 Å². The van der Waals surface area contributed by atoms with Crippen LogP contribution < -0.4 is 16.0 Å². The van der Waals surface area contributed by atoms with Crippen molar-refractivity contribution in [2.75, 3.05) is 49.2 Å². The minimum atomic E-state index is -1.29. The molecule has 1 aliphatic heterocycles. The summed E-state index contributed by atoms with van der Waals surface area (Å²) < 4.78 is 11.8. The molecule has 7 nitrogen and oxygen atoms in total. The lowest BCUT2D eigenvalue weighted by atomic mass is 10.0. The summed E-state index contributed by atoms with van der Waals surface area (Å²) in [4.78, 5) is 29.1. The van der Waals surface area contributed by atoms with Gasteiger partial charge in [0.25, 0.3) is 0 Å². The molecule has 1 fully saturated rings. The number of nitrogens with two attached hydrogens (primary N) is 1. The van der Waals surface area contributed by atoms with Crippen molar-refractivity contribution in [3.8, 4) is 0 Å². The summed E-state index contributed by atoms with van der Waals surface area (Å²) in [5, 5.41) is 2.46. The molecule has 0 aromatic heterocycles. The van der Waals surface area contributed by atoms with Gasteiger partial charge in [0.1, 0.15) is 0 Å². The third-order valence-corrected chi connectivity index (χ3v) is 6.72. The Bertz CT molecular complexity index is 944. The molecule has 0 saturated carbocycles. The molecule has 0 radical (unpaired) electrons. The highest BCUT2D eigenvalue weighted by Gasteiger charge is 2.17. The van der Waals surface area contributed by atoms with E-state index in [0.717, 1.165) is 52.0 Å². The average molecular weight is 457 g/mol. The summed E-state index contributed by atoms with van der Waals surface area (Å²) in [5.74, 6) is 0.0161. The van der Waals surface area contributed by atoms with Crippen molar-refractivity contribution in [1.82, 2.24) is 4.90 Å². The molecular formula is C24H32N4O3S. The van der Waals surface area contributed by atoms with Gasteiger partial charge in [-0.05, 0) is 43.7 Å². The first-order valence-corrected chi connectivity index (χ1v) is 12.6. The average Bonchev–Trinajstić information content (AvgIpc) is 2.79. The first-order valence-electron chi connectivity index (χ1n) is 11.0. The number of benzene rings is 2. The Balaban J connectivity index is 1.38. The smallest absolute Gasteiger partial charge is 0.316 e. The summed E-state index contributed by atoms with van der Waals surface area (Å²) in [6.07, 6.45) is 4.86. The van der Waals surface area contributed by atoms with Crippen LogP contribution in [0.15, 0.2) is 53.4 Å². The van der Waals surface area contributed by atoms with Crippen LogP contribution in [0, 0.1) is 0 Å². The summed E-state index contributed by atoms with van der Waals surface area (Å²) in [6, 6.07) is 14.6. The van der Waals surface area contributed by atoms with E-state index in [0.29, 0.717) is 22.6 Å². The number of primary amides is 1. The molecule has 0 aliphatic carbocycles. The number of urea groups is 1. The van der Waals surface area contributed by atoms with E-state index in [1.807, 2.05) is 6.07 Å². The Kier molecular flexibility index (Phi) is 8.81. The molecule has 3 rings (SSSR count). The van der Waals surface area contributed by atoms with Gasteiger partial charge in [-0.1, -0.05) is 30.7 Å². The lowest BCUT2D eigenvalue weighted by molar-refractivity contribution is 0.0978. The number of nitrogens with one attached hydrogen (secondary N) is 1. The van der Waals surface area contributed by atoms with Gasteiger partial charge in [0.05, 0.1) is 21.4 Å². The van der Waals surface area contributed by atoms with Crippen LogP contribution in [0.25, 0.3) is 0 Å². The third kappa shape index (κ3) is 6.90.